The Hall–Kier alpha value is -1.95. The number of carbonyl (C=O) groups is 1. The van der Waals surface area contributed by atoms with E-state index < -0.39 is 0 Å². The normalized spacial score (nSPS) is 10.7. The summed E-state index contributed by atoms with van der Waals surface area (Å²) in [6.45, 7) is 4.15. The van der Waals surface area contributed by atoms with Crippen LogP contribution in [0.15, 0.2) is 29.4 Å². The van der Waals surface area contributed by atoms with Crippen LogP contribution in [-0.2, 0) is 17.8 Å². The molecule has 1 aromatic heterocycles. The van der Waals surface area contributed by atoms with Crippen molar-refractivity contribution in [3.8, 4) is 0 Å². The minimum absolute atomic E-state index is 0.0222. The highest BCUT2D eigenvalue weighted by molar-refractivity contribution is 7.98. The predicted octanol–water partition coefficient (Wildman–Crippen LogP) is 3.55. The predicted molar refractivity (Wildman–Crippen MR) is 94.5 cm³/mol. The molecule has 1 heterocycles. The number of hydrogen-bond acceptors (Lipinski definition) is 4. The first-order valence-corrected chi connectivity index (χ1v) is 9.00. The number of rotatable bonds is 6. The number of benzene rings is 1. The van der Waals surface area contributed by atoms with Gasteiger partial charge in [-0.05, 0) is 38.2 Å². The zero-order valence-corrected chi connectivity index (χ0v) is 15.3. The third kappa shape index (κ3) is 4.54. The molecule has 6 heteroatoms. The molecule has 4 nitrogen and oxygen atoms in total. The van der Waals surface area contributed by atoms with Crippen molar-refractivity contribution in [2.45, 2.75) is 38.4 Å². The zero-order valence-electron chi connectivity index (χ0n) is 14.5. The molecule has 0 N–H and O–H groups in total. The molecule has 0 aliphatic carbocycles. The van der Waals surface area contributed by atoms with E-state index in [4.69, 9.17) is 0 Å². The van der Waals surface area contributed by atoms with Crippen LogP contribution in [0.1, 0.15) is 28.9 Å². The highest BCUT2D eigenvalue weighted by atomic mass is 32.2. The summed E-state index contributed by atoms with van der Waals surface area (Å²) in [6, 6.07) is 6.52. The Bertz CT molecular complexity index is 713. The Morgan fingerprint density at radius 2 is 1.83 bits per heavy atom. The van der Waals surface area contributed by atoms with E-state index in [0.29, 0.717) is 18.4 Å². The lowest BCUT2D eigenvalue weighted by Gasteiger charge is -2.18. The number of amides is 1. The van der Waals surface area contributed by atoms with Crippen molar-refractivity contribution in [2.24, 2.45) is 0 Å². The molecular formula is C18H22FN3OS. The molecule has 0 atom stereocenters. The summed E-state index contributed by atoms with van der Waals surface area (Å²) in [6.07, 6.45) is 2.89. The molecule has 0 saturated carbocycles. The summed E-state index contributed by atoms with van der Waals surface area (Å²) in [7, 11) is 1.70. The third-order valence-electron chi connectivity index (χ3n) is 3.96. The van der Waals surface area contributed by atoms with Gasteiger partial charge in [0.2, 0.25) is 5.91 Å². The summed E-state index contributed by atoms with van der Waals surface area (Å²) >= 11 is 1.50. The SMILES string of the molecule is CSc1nc(C)c(CCC(=O)N(C)Cc2ccccc2F)c(C)n1. The fourth-order valence-electron chi connectivity index (χ4n) is 2.55. The molecule has 24 heavy (non-hydrogen) atoms. The fourth-order valence-corrected chi connectivity index (χ4v) is 3.01. The van der Waals surface area contributed by atoms with Crippen molar-refractivity contribution < 1.29 is 9.18 Å². The van der Waals surface area contributed by atoms with Crippen molar-refractivity contribution in [3.63, 3.8) is 0 Å². The molecule has 0 radical (unpaired) electrons. The van der Waals surface area contributed by atoms with Gasteiger partial charge in [-0.2, -0.15) is 0 Å². The monoisotopic (exact) mass is 347 g/mol. The van der Waals surface area contributed by atoms with Crippen molar-refractivity contribution in [3.05, 3.63) is 52.6 Å². The Morgan fingerprint density at radius 3 is 2.42 bits per heavy atom. The topological polar surface area (TPSA) is 46.1 Å². The minimum Gasteiger partial charge on any atom is -0.341 e. The Balaban J connectivity index is 1.99. The summed E-state index contributed by atoms with van der Waals surface area (Å²) in [5.41, 5.74) is 3.36. The molecule has 0 spiro atoms. The van der Waals surface area contributed by atoms with Crippen molar-refractivity contribution in [2.75, 3.05) is 13.3 Å². The molecule has 2 rings (SSSR count). The van der Waals surface area contributed by atoms with Crippen LogP contribution in [0.2, 0.25) is 0 Å². The number of halogens is 1. The van der Waals surface area contributed by atoms with Crippen LogP contribution >= 0.6 is 11.8 Å². The van der Waals surface area contributed by atoms with Crippen LogP contribution in [-0.4, -0.2) is 34.1 Å². The van der Waals surface area contributed by atoms with Crippen molar-refractivity contribution >= 4 is 17.7 Å². The Kier molecular flexibility index (Phi) is 6.31. The maximum atomic E-state index is 13.7. The van der Waals surface area contributed by atoms with Gasteiger partial charge in [0.15, 0.2) is 5.16 Å². The Morgan fingerprint density at radius 1 is 1.21 bits per heavy atom. The first kappa shape index (κ1) is 18.4. The van der Waals surface area contributed by atoms with Crippen molar-refractivity contribution in [1.82, 2.24) is 14.9 Å². The number of nitrogens with zero attached hydrogens (tertiary/aromatic N) is 3. The van der Waals surface area contributed by atoms with Crippen LogP contribution in [0, 0.1) is 19.7 Å². The summed E-state index contributed by atoms with van der Waals surface area (Å²) in [5.74, 6) is -0.309. The van der Waals surface area contributed by atoms with E-state index in [9.17, 15) is 9.18 Å². The second-order valence-electron chi connectivity index (χ2n) is 5.70. The van der Waals surface area contributed by atoms with Gasteiger partial charge in [-0.15, -0.1) is 0 Å². The van der Waals surface area contributed by atoms with Gasteiger partial charge in [0.1, 0.15) is 5.82 Å². The third-order valence-corrected chi connectivity index (χ3v) is 4.51. The summed E-state index contributed by atoms with van der Waals surface area (Å²) < 4.78 is 13.7. The first-order chi connectivity index (χ1) is 11.4. The van der Waals surface area contributed by atoms with Gasteiger partial charge in [0, 0.05) is 37.0 Å². The van der Waals surface area contributed by atoms with E-state index in [1.165, 1.54) is 17.8 Å². The van der Waals surface area contributed by atoms with Gasteiger partial charge in [-0.25, -0.2) is 14.4 Å². The maximum Gasteiger partial charge on any atom is 0.222 e. The number of aryl methyl sites for hydroxylation is 2. The highest BCUT2D eigenvalue weighted by Crippen LogP contribution is 2.18. The second kappa shape index (κ2) is 8.24. The van der Waals surface area contributed by atoms with Gasteiger partial charge in [0.25, 0.3) is 0 Å². The largest absolute Gasteiger partial charge is 0.341 e. The van der Waals surface area contributed by atoms with E-state index in [1.807, 2.05) is 20.1 Å². The minimum atomic E-state index is -0.287. The van der Waals surface area contributed by atoms with E-state index in [1.54, 1.807) is 30.1 Å². The van der Waals surface area contributed by atoms with Gasteiger partial charge >= 0.3 is 0 Å². The highest BCUT2D eigenvalue weighted by Gasteiger charge is 2.14. The lowest BCUT2D eigenvalue weighted by Crippen LogP contribution is -2.27. The van der Waals surface area contributed by atoms with E-state index >= 15 is 0 Å². The van der Waals surface area contributed by atoms with Crippen molar-refractivity contribution in [1.29, 1.82) is 0 Å². The standard InChI is InChI=1S/C18H22FN3OS/c1-12-15(13(2)21-18(20-12)24-4)9-10-17(23)22(3)11-14-7-5-6-8-16(14)19/h5-8H,9-11H2,1-4H3. The van der Waals surface area contributed by atoms with Gasteiger partial charge in [0.05, 0.1) is 0 Å². The quantitative estimate of drug-likeness (QED) is 0.592. The van der Waals surface area contributed by atoms with Crippen LogP contribution in [0.4, 0.5) is 4.39 Å². The number of carbonyl (C=O) groups excluding carboxylic acids is 1. The van der Waals surface area contributed by atoms with Gasteiger partial charge in [-0.3, -0.25) is 4.79 Å². The molecule has 0 bridgehead atoms. The lowest BCUT2D eigenvalue weighted by molar-refractivity contribution is -0.130. The van der Waals surface area contributed by atoms with Crippen LogP contribution in [0.5, 0.6) is 0 Å². The molecule has 0 saturated heterocycles. The smallest absolute Gasteiger partial charge is 0.222 e. The van der Waals surface area contributed by atoms with Crippen LogP contribution < -0.4 is 0 Å². The number of thioether (sulfide) groups is 1. The van der Waals surface area contributed by atoms with Gasteiger partial charge in [-0.1, -0.05) is 30.0 Å². The van der Waals surface area contributed by atoms with Crippen LogP contribution in [0.25, 0.3) is 0 Å². The first-order valence-electron chi connectivity index (χ1n) is 7.77. The molecule has 0 aliphatic heterocycles. The summed E-state index contributed by atoms with van der Waals surface area (Å²) in [4.78, 5) is 22.8. The van der Waals surface area contributed by atoms with Crippen LogP contribution in [0.3, 0.4) is 0 Å². The fraction of sp³-hybridized carbons (Fsp3) is 0.389. The number of hydrogen-bond donors (Lipinski definition) is 0. The Labute approximate surface area is 146 Å². The number of aromatic nitrogens is 2. The lowest BCUT2D eigenvalue weighted by atomic mass is 10.1. The molecule has 0 fully saturated rings. The molecule has 1 aromatic carbocycles. The summed E-state index contributed by atoms with van der Waals surface area (Å²) in [5, 5.41) is 0.747. The second-order valence-corrected chi connectivity index (χ2v) is 6.47. The molecule has 0 unspecified atom stereocenters. The van der Waals surface area contributed by atoms with E-state index in [0.717, 1.165) is 22.1 Å². The average Bonchev–Trinajstić information content (AvgIpc) is 2.55. The average molecular weight is 347 g/mol. The molecule has 128 valence electrons. The molecule has 1 amide bonds. The zero-order chi connectivity index (χ0) is 17.7. The molecule has 2 aromatic rings. The molecular weight excluding hydrogens is 325 g/mol. The van der Waals surface area contributed by atoms with E-state index in [-0.39, 0.29) is 18.3 Å². The van der Waals surface area contributed by atoms with E-state index in [2.05, 4.69) is 9.97 Å². The molecule has 0 aliphatic rings. The van der Waals surface area contributed by atoms with Gasteiger partial charge < -0.3 is 4.90 Å². The maximum absolute atomic E-state index is 13.7.